The van der Waals surface area contributed by atoms with Gasteiger partial charge < -0.3 is 15.4 Å². The van der Waals surface area contributed by atoms with Gasteiger partial charge in [-0.15, -0.1) is 0 Å². The van der Waals surface area contributed by atoms with Gasteiger partial charge in [-0.05, 0) is 18.6 Å². The van der Waals surface area contributed by atoms with E-state index in [0.717, 1.165) is 45.7 Å². The number of nitrogens with one attached hydrogen (secondary N) is 2. The molecule has 0 spiro atoms. The average molecular weight is 334 g/mol. The Morgan fingerprint density at radius 2 is 1.96 bits per heavy atom. The summed E-state index contributed by atoms with van der Waals surface area (Å²) in [5.41, 5.74) is 0.722. The van der Waals surface area contributed by atoms with Crippen molar-refractivity contribution < 1.29 is 14.3 Å². The first-order valence-electron chi connectivity index (χ1n) is 8.53. The quantitative estimate of drug-likeness (QED) is 0.683. The molecule has 2 N–H and O–H groups in total. The predicted octanol–water partition coefficient (Wildman–Crippen LogP) is 0.674. The van der Waals surface area contributed by atoms with Gasteiger partial charge in [0.25, 0.3) is 11.8 Å². The zero-order chi connectivity index (χ0) is 17.2. The van der Waals surface area contributed by atoms with Crippen LogP contribution in [0.4, 0.5) is 0 Å². The van der Waals surface area contributed by atoms with Crippen molar-refractivity contribution in [2.45, 2.75) is 19.8 Å². The molecule has 0 aliphatic carbocycles. The summed E-state index contributed by atoms with van der Waals surface area (Å²) in [5, 5.41) is 5.68. The van der Waals surface area contributed by atoms with Gasteiger partial charge in [0, 0.05) is 44.5 Å². The summed E-state index contributed by atoms with van der Waals surface area (Å²) in [4.78, 5) is 30.5. The minimum atomic E-state index is -0.258. The largest absolute Gasteiger partial charge is 0.379 e. The summed E-state index contributed by atoms with van der Waals surface area (Å²) < 4.78 is 5.29. The van der Waals surface area contributed by atoms with E-state index in [2.05, 4.69) is 27.4 Å². The summed E-state index contributed by atoms with van der Waals surface area (Å²) in [6.07, 6.45) is 3.45. The van der Waals surface area contributed by atoms with E-state index in [9.17, 15) is 9.59 Å². The number of aromatic nitrogens is 1. The highest BCUT2D eigenvalue weighted by atomic mass is 16.5. The third-order valence-corrected chi connectivity index (χ3v) is 3.89. The molecule has 0 saturated carbocycles. The molecule has 7 heteroatoms. The SMILES string of the molecule is CCCCNC(=O)c1ccnc(C(=O)NCCN2CCOCC2)c1. The van der Waals surface area contributed by atoms with Crippen molar-refractivity contribution in [1.82, 2.24) is 20.5 Å². The highest BCUT2D eigenvalue weighted by Crippen LogP contribution is 2.03. The Bertz CT molecular complexity index is 544. The van der Waals surface area contributed by atoms with Crippen molar-refractivity contribution in [3.63, 3.8) is 0 Å². The minimum Gasteiger partial charge on any atom is -0.379 e. The summed E-state index contributed by atoms with van der Waals surface area (Å²) in [6.45, 7) is 7.30. The second-order valence-corrected chi connectivity index (χ2v) is 5.75. The molecule has 1 aliphatic heterocycles. The van der Waals surface area contributed by atoms with Crippen LogP contribution in [0, 0.1) is 0 Å². The number of rotatable bonds is 8. The van der Waals surface area contributed by atoms with Crippen LogP contribution in [0.5, 0.6) is 0 Å². The van der Waals surface area contributed by atoms with Gasteiger partial charge in [-0.25, -0.2) is 0 Å². The zero-order valence-electron chi connectivity index (χ0n) is 14.2. The maximum absolute atomic E-state index is 12.2. The Morgan fingerprint density at radius 3 is 2.71 bits per heavy atom. The van der Waals surface area contributed by atoms with E-state index in [1.165, 1.54) is 12.3 Å². The number of carbonyl (C=O) groups excluding carboxylic acids is 2. The van der Waals surface area contributed by atoms with Gasteiger partial charge in [0.05, 0.1) is 13.2 Å². The van der Waals surface area contributed by atoms with E-state index in [-0.39, 0.29) is 17.5 Å². The van der Waals surface area contributed by atoms with E-state index in [0.29, 0.717) is 18.7 Å². The lowest BCUT2D eigenvalue weighted by molar-refractivity contribution is 0.0383. The smallest absolute Gasteiger partial charge is 0.269 e. The van der Waals surface area contributed by atoms with Crippen LogP contribution in [-0.4, -0.2) is 67.6 Å². The number of nitrogens with zero attached hydrogens (tertiary/aromatic N) is 2. The van der Waals surface area contributed by atoms with Crippen molar-refractivity contribution in [3.8, 4) is 0 Å². The third kappa shape index (κ3) is 5.90. The van der Waals surface area contributed by atoms with Crippen molar-refractivity contribution in [3.05, 3.63) is 29.6 Å². The molecule has 1 aromatic heterocycles. The number of hydrogen-bond acceptors (Lipinski definition) is 5. The van der Waals surface area contributed by atoms with E-state index >= 15 is 0 Å². The number of carbonyl (C=O) groups is 2. The zero-order valence-corrected chi connectivity index (χ0v) is 14.2. The van der Waals surface area contributed by atoms with Gasteiger partial charge in [0.2, 0.25) is 0 Å². The molecular formula is C17H26N4O3. The number of amides is 2. The number of ether oxygens (including phenoxy) is 1. The monoisotopic (exact) mass is 334 g/mol. The highest BCUT2D eigenvalue weighted by molar-refractivity contribution is 5.98. The lowest BCUT2D eigenvalue weighted by Gasteiger charge is -2.26. The van der Waals surface area contributed by atoms with Crippen molar-refractivity contribution >= 4 is 11.8 Å². The van der Waals surface area contributed by atoms with Crippen LogP contribution in [0.15, 0.2) is 18.3 Å². The molecule has 1 fully saturated rings. The standard InChI is InChI=1S/C17H26N4O3/c1-2-3-5-19-16(22)14-4-6-18-15(13-14)17(23)20-7-8-21-9-11-24-12-10-21/h4,6,13H,2-3,5,7-12H2,1H3,(H,19,22)(H,20,23). The Hall–Kier alpha value is -1.99. The molecular weight excluding hydrogens is 308 g/mol. The van der Waals surface area contributed by atoms with Crippen molar-refractivity contribution in [2.24, 2.45) is 0 Å². The van der Waals surface area contributed by atoms with Crippen LogP contribution in [0.3, 0.4) is 0 Å². The summed E-state index contributed by atoms with van der Waals surface area (Å²) in [5.74, 6) is -0.431. The third-order valence-electron chi connectivity index (χ3n) is 3.89. The molecule has 0 bridgehead atoms. The molecule has 2 rings (SSSR count). The predicted molar refractivity (Wildman–Crippen MR) is 91.1 cm³/mol. The molecule has 2 heterocycles. The highest BCUT2D eigenvalue weighted by Gasteiger charge is 2.13. The molecule has 0 radical (unpaired) electrons. The first kappa shape index (κ1) is 18.4. The number of pyridine rings is 1. The van der Waals surface area contributed by atoms with Crippen LogP contribution < -0.4 is 10.6 Å². The van der Waals surface area contributed by atoms with Crippen LogP contribution in [-0.2, 0) is 4.74 Å². The lowest BCUT2D eigenvalue weighted by atomic mass is 10.2. The number of hydrogen-bond donors (Lipinski definition) is 2. The molecule has 0 aromatic carbocycles. The first-order chi connectivity index (χ1) is 11.7. The molecule has 0 unspecified atom stereocenters. The Morgan fingerprint density at radius 1 is 1.21 bits per heavy atom. The van der Waals surface area contributed by atoms with Gasteiger partial charge in [-0.3, -0.25) is 19.5 Å². The summed E-state index contributed by atoms with van der Waals surface area (Å²) in [6, 6.07) is 3.15. The lowest BCUT2D eigenvalue weighted by Crippen LogP contribution is -2.41. The number of unbranched alkanes of at least 4 members (excludes halogenated alkanes) is 1. The molecule has 0 atom stereocenters. The Balaban J connectivity index is 1.80. The molecule has 1 aliphatic rings. The Labute approximate surface area is 142 Å². The van der Waals surface area contributed by atoms with Gasteiger partial charge in [0.15, 0.2) is 0 Å². The maximum Gasteiger partial charge on any atom is 0.269 e. The van der Waals surface area contributed by atoms with Crippen molar-refractivity contribution in [2.75, 3.05) is 45.9 Å². The molecule has 7 nitrogen and oxygen atoms in total. The second kappa shape index (κ2) is 10.00. The van der Waals surface area contributed by atoms with E-state index < -0.39 is 0 Å². The second-order valence-electron chi connectivity index (χ2n) is 5.75. The fourth-order valence-corrected chi connectivity index (χ4v) is 2.42. The van der Waals surface area contributed by atoms with Crippen LogP contribution in [0.2, 0.25) is 0 Å². The Kier molecular flexibility index (Phi) is 7.64. The molecule has 2 amide bonds. The molecule has 1 saturated heterocycles. The summed E-state index contributed by atoms with van der Waals surface area (Å²) in [7, 11) is 0. The normalized spacial score (nSPS) is 15.0. The minimum absolute atomic E-state index is 0.173. The van der Waals surface area contributed by atoms with E-state index in [4.69, 9.17) is 4.74 Å². The van der Waals surface area contributed by atoms with Crippen molar-refractivity contribution in [1.29, 1.82) is 0 Å². The van der Waals surface area contributed by atoms with Gasteiger partial charge in [-0.1, -0.05) is 13.3 Å². The fourth-order valence-electron chi connectivity index (χ4n) is 2.42. The van der Waals surface area contributed by atoms with Gasteiger partial charge in [-0.2, -0.15) is 0 Å². The van der Waals surface area contributed by atoms with Crippen LogP contribution in [0.25, 0.3) is 0 Å². The molecule has 132 valence electrons. The fraction of sp³-hybridized carbons (Fsp3) is 0.588. The molecule has 1 aromatic rings. The maximum atomic E-state index is 12.2. The van der Waals surface area contributed by atoms with Crippen LogP contribution >= 0.6 is 0 Å². The first-order valence-corrected chi connectivity index (χ1v) is 8.53. The van der Waals surface area contributed by atoms with Crippen LogP contribution in [0.1, 0.15) is 40.6 Å². The van der Waals surface area contributed by atoms with Gasteiger partial charge in [0.1, 0.15) is 5.69 Å². The van der Waals surface area contributed by atoms with E-state index in [1.54, 1.807) is 6.07 Å². The summed E-state index contributed by atoms with van der Waals surface area (Å²) >= 11 is 0. The van der Waals surface area contributed by atoms with E-state index in [1.807, 2.05) is 0 Å². The molecule has 24 heavy (non-hydrogen) atoms. The topological polar surface area (TPSA) is 83.6 Å². The number of morpholine rings is 1. The van der Waals surface area contributed by atoms with Gasteiger partial charge >= 0.3 is 0 Å². The average Bonchev–Trinajstić information content (AvgIpc) is 2.63.